The fraction of sp³-hybridized carbons (Fsp3) is 0.684. The first-order valence-electron chi connectivity index (χ1n) is 8.70. The van der Waals surface area contributed by atoms with E-state index >= 15 is 0 Å². The molecule has 1 heteroatoms. The summed E-state index contributed by atoms with van der Waals surface area (Å²) in [5.74, 6) is 0.818. The van der Waals surface area contributed by atoms with Crippen molar-refractivity contribution in [3.05, 3.63) is 35.9 Å². The maximum atomic E-state index is 3.69. The van der Waals surface area contributed by atoms with Gasteiger partial charge in [0.15, 0.2) is 0 Å². The van der Waals surface area contributed by atoms with Crippen LogP contribution in [-0.2, 0) is 6.42 Å². The lowest BCUT2D eigenvalue weighted by Crippen LogP contribution is -2.25. The third kappa shape index (κ3) is 6.56. The third-order valence-corrected chi connectivity index (χ3v) is 4.52. The van der Waals surface area contributed by atoms with Gasteiger partial charge in [-0.25, -0.2) is 0 Å². The summed E-state index contributed by atoms with van der Waals surface area (Å²) in [6, 6.07) is 11.0. The molecule has 0 aliphatic carbocycles. The number of benzene rings is 1. The Balaban J connectivity index is 1.80. The summed E-state index contributed by atoms with van der Waals surface area (Å²) >= 11 is 0. The minimum absolute atomic E-state index is 0.818. The average Bonchev–Trinajstić information content (AvgIpc) is 2.50. The lowest BCUT2D eigenvalue weighted by molar-refractivity contribution is 0.421. The van der Waals surface area contributed by atoms with E-state index in [4.69, 9.17) is 0 Å². The van der Waals surface area contributed by atoms with Crippen LogP contribution in [0, 0.1) is 5.92 Å². The third-order valence-electron chi connectivity index (χ3n) is 4.52. The van der Waals surface area contributed by atoms with Crippen LogP contribution in [0.3, 0.4) is 0 Å². The quantitative estimate of drug-likeness (QED) is 0.803. The van der Waals surface area contributed by atoms with Crippen LogP contribution in [0.2, 0.25) is 0 Å². The Labute approximate surface area is 125 Å². The summed E-state index contributed by atoms with van der Waals surface area (Å²) in [7, 11) is 0. The molecule has 1 N–H and O–H groups in total. The van der Waals surface area contributed by atoms with Gasteiger partial charge in [0.25, 0.3) is 0 Å². The molecule has 112 valence electrons. The van der Waals surface area contributed by atoms with E-state index in [-0.39, 0.29) is 0 Å². The summed E-state index contributed by atoms with van der Waals surface area (Å²) < 4.78 is 0. The summed E-state index contributed by atoms with van der Waals surface area (Å²) in [6.07, 6.45) is 14.1. The molecule has 1 aromatic carbocycles. The number of nitrogens with one attached hydrogen (secondary N) is 1. The van der Waals surface area contributed by atoms with Gasteiger partial charge in [0, 0.05) is 0 Å². The molecule has 1 aromatic rings. The Morgan fingerprint density at radius 1 is 0.800 bits per heavy atom. The van der Waals surface area contributed by atoms with Gasteiger partial charge in [0.1, 0.15) is 0 Å². The molecule has 1 nitrogen and oxygen atoms in total. The predicted octanol–water partition coefficient (Wildman–Crippen LogP) is 4.96. The molecule has 0 aromatic heterocycles. The largest absolute Gasteiger partial charge is 0.316 e. The molecule has 0 amide bonds. The summed E-state index contributed by atoms with van der Waals surface area (Å²) in [4.78, 5) is 0. The van der Waals surface area contributed by atoms with E-state index in [0.29, 0.717) is 0 Å². The van der Waals surface area contributed by atoms with Crippen molar-refractivity contribution < 1.29 is 0 Å². The van der Waals surface area contributed by atoms with Crippen LogP contribution in [0.1, 0.15) is 63.4 Å². The second-order valence-corrected chi connectivity index (χ2v) is 6.38. The summed E-state index contributed by atoms with van der Waals surface area (Å²) in [6.45, 7) is 2.42. The van der Waals surface area contributed by atoms with Crippen LogP contribution in [0.4, 0.5) is 0 Å². The summed E-state index contributed by atoms with van der Waals surface area (Å²) in [5.41, 5.74) is 1.50. The summed E-state index contributed by atoms with van der Waals surface area (Å²) in [5, 5.41) is 3.69. The van der Waals surface area contributed by atoms with Crippen molar-refractivity contribution in [3.8, 4) is 0 Å². The minimum atomic E-state index is 0.818. The highest BCUT2D eigenvalue weighted by Gasteiger charge is 2.09. The van der Waals surface area contributed by atoms with Gasteiger partial charge in [-0.2, -0.15) is 0 Å². The Hall–Kier alpha value is -0.820. The monoisotopic (exact) mass is 273 g/mol. The van der Waals surface area contributed by atoms with Crippen LogP contribution in [0.25, 0.3) is 0 Å². The first-order valence-corrected chi connectivity index (χ1v) is 8.70. The standard InChI is InChI=1S/C19H31N/c1-2-4-6-11-15-20-17-19(14-8-5-3-1)16-18-12-9-7-10-13-18/h7,9-10,12-13,19-20H,1-6,8,11,14-17H2. The first-order chi connectivity index (χ1) is 9.95. The SMILES string of the molecule is c1ccc(CC2CCCCCCCCCCNC2)cc1. The molecule has 20 heavy (non-hydrogen) atoms. The molecule has 0 saturated carbocycles. The van der Waals surface area contributed by atoms with Crippen molar-refractivity contribution >= 4 is 0 Å². The number of hydrogen-bond donors (Lipinski definition) is 1. The molecular formula is C19H31N. The minimum Gasteiger partial charge on any atom is -0.316 e. The van der Waals surface area contributed by atoms with Gasteiger partial charge in [0.05, 0.1) is 0 Å². The van der Waals surface area contributed by atoms with Gasteiger partial charge in [-0.05, 0) is 43.8 Å². The molecule has 1 unspecified atom stereocenters. The molecule has 0 radical (unpaired) electrons. The van der Waals surface area contributed by atoms with Crippen molar-refractivity contribution in [2.75, 3.05) is 13.1 Å². The fourth-order valence-electron chi connectivity index (χ4n) is 3.27. The molecule has 1 atom stereocenters. The van der Waals surface area contributed by atoms with Gasteiger partial charge in [0.2, 0.25) is 0 Å². The van der Waals surface area contributed by atoms with Gasteiger partial charge < -0.3 is 5.32 Å². The maximum Gasteiger partial charge on any atom is -0.00173 e. The second-order valence-electron chi connectivity index (χ2n) is 6.38. The molecule has 2 rings (SSSR count). The molecular weight excluding hydrogens is 242 g/mol. The maximum absolute atomic E-state index is 3.69. The molecule has 1 aliphatic rings. The van der Waals surface area contributed by atoms with E-state index in [1.807, 2.05) is 0 Å². The molecule has 1 fully saturated rings. The first kappa shape index (κ1) is 15.6. The highest BCUT2D eigenvalue weighted by atomic mass is 14.8. The predicted molar refractivity (Wildman–Crippen MR) is 88.1 cm³/mol. The molecule has 1 heterocycles. The van der Waals surface area contributed by atoms with Crippen LogP contribution in [-0.4, -0.2) is 13.1 Å². The lowest BCUT2D eigenvalue weighted by atomic mass is 9.93. The topological polar surface area (TPSA) is 12.0 Å². The van der Waals surface area contributed by atoms with Gasteiger partial charge in [-0.3, -0.25) is 0 Å². The average molecular weight is 273 g/mol. The van der Waals surface area contributed by atoms with E-state index in [1.54, 1.807) is 0 Å². The smallest absolute Gasteiger partial charge is 0.00173 e. The second kappa shape index (κ2) is 9.99. The normalized spacial score (nSPS) is 23.3. The van der Waals surface area contributed by atoms with Crippen LogP contribution in [0.15, 0.2) is 30.3 Å². The van der Waals surface area contributed by atoms with Gasteiger partial charge in [-0.1, -0.05) is 75.3 Å². The molecule has 0 bridgehead atoms. The molecule has 1 saturated heterocycles. The number of rotatable bonds is 2. The van der Waals surface area contributed by atoms with Crippen LogP contribution < -0.4 is 5.32 Å². The Morgan fingerprint density at radius 3 is 2.20 bits per heavy atom. The van der Waals surface area contributed by atoms with Gasteiger partial charge in [-0.15, -0.1) is 0 Å². The van der Waals surface area contributed by atoms with Crippen molar-refractivity contribution in [3.63, 3.8) is 0 Å². The van der Waals surface area contributed by atoms with Crippen molar-refractivity contribution in [1.82, 2.24) is 5.32 Å². The Kier molecular flexibility index (Phi) is 7.77. The van der Waals surface area contributed by atoms with E-state index in [2.05, 4.69) is 35.6 Å². The van der Waals surface area contributed by atoms with E-state index < -0.39 is 0 Å². The highest BCUT2D eigenvalue weighted by molar-refractivity contribution is 5.15. The Morgan fingerprint density at radius 2 is 1.45 bits per heavy atom. The molecule has 0 spiro atoms. The van der Waals surface area contributed by atoms with Crippen molar-refractivity contribution in [2.24, 2.45) is 5.92 Å². The molecule has 1 aliphatic heterocycles. The number of hydrogen-bond acceptors (Lipinski definition) is 1. The lowest BCUT2D eigenvalue weighted by Gasteiger charge is -2.18. The fourth-order valence-corrected chi connectivity index (χ4v) is 3.27. The van der Waals surface area contributed by atoms with E-state index in [1.165, 1.54) is 82.9 Å². The van der Waals surface area contributed by atoms with Gasteiger partial charge >= 0.3 is 0 Å². The van der Waals surface area contributed by atoms with Crippen LogP contribution >= 0.6 is 0 Å². The zero-order valence-electron chi connectivity index (χ0n) is 12.9. The van der Waals surface area contributed by atoms with Crippen LogP contribution in [0.5, 0.6) is 0 Å². The van der Waals surface area contributed by atoms with Crippen molar-refractivity contribution in [2.45, 2.75) is 64.2 Å². The van der Waals surface area contributed by atoms with E-state index in [0.717, 1.165) is 5.92 Å². The zero-order chi connectivity index (χ0) is 13.9. The van der Waals surface area contributed by atoms with Crippen molar-refractivity contribution in [1.29, 1.82) is 0 Å². The van der Waals surface area contributed by atoms with E-state index in [9.17, 15) is 0 Å². The highest BCUT2D eigenvalue weighted by Crippen LogP contribution is 2.17. The zero-order valence-corrected chi connectivity index (χ0v) is 12.9. The Bertz CT molecular complexity index is 319.